The molecule has 0 radical (unpaired) electrons. The van der Waals surface area contributed by atoms with Crippen molar-refractivity contribution < 1.29 is 4.74 Å². The van der Waals surface area contributed by atoms with E-state index in [2.05, 4.69) is 91.9 Å². The van der Waals surface area contributed by atoms with Gasteiger partial charge in [-0.05, 0) is 77.3 Å². The van der Waals surface area contributed by atoms with E-state index in [1.165, 1.54) is 59.1 Å². The fraction of sp³-hybridized carbons (Fsp3) is 0.333. The molecule has 0 aliphatic heterocycles. The molecule has 4 rings (SSSR count). The van der Waals surface area contributed by atoms with Crippen LogP contribution in [-0.4, -0.2) is 7.11 Å². The highest BCUT2D eigenvalue weighted by atomic mass is 16.5. The van der Waals surface area contributed by atoms with Crippen LogP contribution >= 0.6 is 0 Å². The molecule has 3 aromatic carbocycles. The van der Waals surface area contributed by atoms with Crippen molar-refractivity contribution in [3.8, 4) is 22.3 Å². The third-order valence-electron chi connectivity index (χ3n) is 6.59. The molecule has 0 bridgehead atoms. The molecule has 1 heteroatoms. The van der Waals surface area contributed by atoms with E-state index in [-0.39, 0.29) is 0 Å². The second-order valence-corrected chi connectivity index (χ2v) is 8.75. The Labute approximate surface area is 187 Å². The molecule has 1 fully saturated rings. The van der Waals surface area contributed by atoms with E-state index < -0.39 is 0 Å². The van der Waals surface area contributed by atoms with Crippen LogP contribution in [0, 0.1) is 5.92 Å². The molecule has 0 heterocycles. The number of ether oxygens (including phenoxy) is 1. The second-order valence-electron chi connectivity index (χ2n) is 8.75. The van der Waals surface area contributed by atoms with Crippen LogP contribution in [0.25, 0.3) is 22.3 Å². The molecular weight excluding hydrogens is 376 g/mol. The largest absolute Gasteiger partial charge is 0.380 e. The van der Waals surface area contributed by atoms with Crippen LogP contribution in [0.4, 0.5) is 0 Å². The topological polar surface area (TPSA) is 9.23 Å². The van der Waals surface area contributed by atoms with Crippen LogP contribution in [0.5, 0.6) is 0 Å². The molecule has 31 heavy (non-hydrogen) atoms. The average Bonchev–Trinajstić information content (AvgIpc) is 2.84. The lowest BCUT2D eigenvalue weighted by Crippen LogP contribution is -2.13. The minimum Gasteiger partial charge on any atom is -0.380 e. The summed E-state index contributed by atoms with van der Waals surface area (Å²) in [5, 5.41) is 0. The number of allylic oxidation sites excluding steroid dienone is 2. The highest BCUT2D eigenvalue weighted by molar-refractivity contribution is 5.73. The molecule has 3 aromatic rings. The number of benzene rings is 3. The first-order valence-corrected chi connectivity index (χ1v) is 11.7. The summed E-state index contributed by atoms with van der Waals surface area (Å²) in [4.78, 5) is 0. The summed E-state index contributed by atoms with van der Waals surface area (Å²) >= 11 is 0. The maximum Gasteiger partial charge on any atom is 0.0713 e. The van der Waals surface area contributed by atoms with Gasteiger partial charge >= 0.3 is 0 Å². The monoisotopic (exact) mass is 410 g/mol. The number of hydrogen-bond donors (Lipinski definition) is 0. The molecule has 1 aliphatic rings. The summed E-state index contributed by atoms with van der Waals surface area (Å²) in [6.45, 7) is 2.90. The van der Waals surface area contributed by atoms with Gasteiger partial charge in [0.15, 0.2) is 0 Å². The van der Waals surface area contributed by atoms with Crippen LogP contribution in [0.1, 0.15) is 56.1 Å². The molecule has 0 saturated heterocycles. The van der Waals surface area contributed by atoms with Gasteiger partial charge in [0.25, 0.3) is 0 Å². The maximum absolute atomic E-state index is 5.43. The average molecular weight is 411 g/mol. The quantitative estimate of drug-likeness (QED) is 0.355. The molecule has 0 atom stereocenters. The number of hydrogen-bond acceptors (Lipinski definition) is 1. The van der Waals surface area contributed by atoms with Gasteiger partial charge < -0.3 is 4.74 Å². The summed E-state index contributed by atoms with van der Waals surface area (Å²) in [5.41, 5.74) is 8.00. The molecule has 0 aromatic heterocycles. The highest BCUT2D eigenvalue weighted by Crippen LogP contribution is 2.41. The summed E-state index contributed by atoms with van der Waals surface area (Å²) in [5.74, 6) is 1.39. The molecular formula is C30H34O. The van der Waals surface area contributed by atoms with Crippen molar-refractivity contribution in [1.29, 1.82) is 0 Å². The Morgan fingerprint density at radius 3 is 2.16 bits per heavy atom. The predicted molar refractivity (Wildman–Crippen MR) is 132 cm³/mol. The SMILES string of the molecule is CC/C=C/C1CCC(c2cc(COC)ccc2-c2ccc(-c3ccccc3)cc2)CC1. The van der Waals surface area contributed by atoms with Gasteiger partial charge in [-0.1, -0.05) is 91.9 Å². The van der Waals surface area contributed by atoms with Gasteiger partial charge in [-0.3, -0.25) is 0 Å². The molecule has 0 N–H and O–H groups in total. The van der Waals surface area contributed by atoms with E-state index in [4.69, 9.17) is 4.74 Å². The minimum atomic E-state index is 0.631. The summed E-state index contributed by atoms with van der Waals surface area (Å²) in [6.07, 6.45) is 11.0. The molecule has 0 amide bonds. The van der Waals surface area contributed by atoms with Crippen molar-refractivity contribution in [2.75, 3.05) is 7.11 Å². The van der Waals surface area contributed by atoms with Crippen molar-refractivity contribution in [2.45, 2.75) is 51.6 Å². The van der Waals surface area contributed by atoms with E-state index in [1.54, 1.807) is 7.11 Å². The fourth-order valence-electron chi connectivity index (χ4n) is 4.89. The van der Waals surface area contributed by atoms with E-state index in [0.29, 0.717) is 12.5 Å². The Morgan fingerprint density at radius 2 is 1.48 bits per heavy atom. The lowest BCUT2D eigenvalue weighted by molar-refractivity contribution is 0.185. The van der Waals surface area contributed by atoms with E-state index in [0.717, 1.165) is 12.3 Å². The van der Waals surface area contributed by atoms with Crippen molar-refractivity contribution in [3.63, 3.8) is 0 Å². The zero-order chi connectivity index (χ0) is 21.5. The zero-order valence-electron chi connectivity index (χ0n) is 18.9. The smallest absolute Gasteiger partial charge is 0.0713 e. The van der Waals surface area contributed by atoms with Crippen LogP contribution < -0.4 is 0 Å². The Bertz CT molecular complexity index is 977. The standard InChI is InChI=1S/C30H34O/c1-3-4-8-23-11-14-28(15-12-23)30-21-24(22-31-2)13-20-29(30)27-18-16-26(17-19-27)25-9-6-5-7-10-25/h4-10,13,16-21,23,28H,3,11-12,14-15,22H2,1-2H3/b8-4+. The normalized spacial score (nSPS) is 19.0. The van der Waals surface area contributed by atoms with Crippen molar-refractivity contribution in [3.05, 3.63) is 96.1 Å². The van der Waals surface area contributed by atoms with Gasteiger partial charge in [-0.25, -0.2) is 0 Å². The molecule has 1 aliphatic carbocycles. The predicted octanol–water partition coefficient (Wildman–Crippen LogP) is 8.41. The van der Waals surface area contributed by atoms with E-state index >= 15 is 0 Å². The minimum absolute atomic E-state index is 0.631. The van der Waals surface area contributed by atoms with Crippen LogP contribution in [0.2, 0.25) is 0 Å². The lowest BCUT2D eigenvalue weighted by atomic mass is 9.76. The highest BCUT2D eigenvalue weighted by Gasteiger charge is 2.23. The van der Waals surface area contributed by atoms with Gasteiger partial charge in [0.2, 0.25) is 0 Å². The Hall–Kier alpha value is -2.64. The molecule has 1 saturated carbocycles. The van der Waals surface area contributed by atoms with Gasteiger partial charge in [-0.15, -0.1) is 0 Å². The van der Waals surface area contributed by atoms with Crippen LogP contribution in [0.15, 0.2) is 84.9 Å². The van der Waals surface area contributed by atoms with Crippen molar-refractivity contribution in [2.24, 2.45) is 5.92 Å². The first kappa shape index (κ1) is 21.6. The van der Waals surface area contributed by atoms with Crippen molar-refractivity contribution >= 4 is 0 Å². The first-order chi connectivity index (χ1) is 15.3. The molecule has 160 valence electrons. The lowest BCUT2D eigenvalue weighted by Gasteiger charge is -2.29. The number of methoxy groups -OCH3 is 1. The maximum atomic E-state index is 5.43. The second kappa shape index (κ2) is 10.6. The summed E-state index contributed by atoms with van der Waals surface area (Å²) < 4.78 is 5.43. The van der Waals surface area contributed by atoms with Gasteiger partial charge in [0.1, 0.15) is 0 Å². The van der Waals surface area contributed by atoms with Gasteiger partial charge in [0.05, 0.1) is 6.61 Å². The Morgan fingerprint density at radius 1 is 0.806 bits per heavy atom. The molecule has 0 spiro atoms. The van der Waals surface area contributed by atoms with E-state index in [1.807, 2.05) is 0 Å². The summed E-state index contributed by atoms with van der Waals surface area (Å²) in [6, 6.07) is 26.6. The molecule has 1 nitrogen and oxygen atoms in total. The molecule has 0 unspecified atom stereocenters. The van der Waals surface area contributed by atoms with E-state index in [9.17, 15) is 0 Å². The first-order valence-electron chi connectivity index (χ1n) is 11.7. The fourth-order valence-corrected chi connectivity index (χ4v) is 4.89. The van der Waals surface area contributed by atoms with Gasteiger partial charge in [-0.2, -0.15) is 0 Å². The summed E-state index contributed by atoms with van der Waals surface area (Å²) in [7, 11) is 1.78. The number of rotatable bonds is 7. The van der Waals surface area contributed by atoms with Gasteiger partial charge in [0, 0.05) is 7.11 Å². The van der Waals surface area contributed by atoms with Crippen LogP contribution in [-0.2, 0) is 11.3 Å². The zero-order valence-corrected chi connectivity index (χ0v) is 18.9. The third-order valence-corrected chi connectivity index (χ3v) is 6.59. The Balaban J connectivity index is 1.61. The Kier molecular flexibility index (Phi) is 7.38. The third kappa shape index (κ3) is 5.35. The van der Waals surface area contributed by atoms with Crippen molar-refractivity contribution in [1.82, 2.24) is 0 Å². The van der Waals surface area contributed by atoms with Crippen LogP contribution in [0.3, 0.4) is 0 Å².